The Morgan fingerprint density at radius 3 is 2.32 bits per heavy atom. The quantitative estimate of drug-likeness (QED) is 0.816. The van der Waals surface area contributed by atoms with Crippen molar-refractivity contribution in [2.24, 2.45) is 0 Å². The molecule has 1 heterocycles. The van der Waals surface area contributed by atoms with Crippen molar-refractivity contribution in [1.82, 2.24) is 4.90 Å². The maximum absolute atomic E-state index is 12.9. The number of likely N-dealkylation sites (N-methyl/N-ethyl adjacent to an activating group) is 1. The molecule has 2 aromatic rings. The Balaban J connectivity index is 2.02. The summed E-state index contributed by atoms with van der Waals surface area (Å²) in [6.07, 6.45) is 0. The zero-order valence-corrected chi connectivity index (χ0v) is 15.8. The van der Waals surface area contributed by atoms with Crippen LogP contribution in [0, 0.1) is 0 Å². The van der Waals surface area contributed by atoms with Gasteiger partial charge in [-0.05, 0) is 43.4 Å². The number of sulfone groups is 1. The fraction of sp³-hybridized carbons (Fsp3) is 0.333. The molecular formula is C18H21ClN2O3S. The third kappa shape index (κ3) is 3.76. The van der Waals surface area contributed by atoms with E-state index >= 15 is 0 Å². The van der Waals surface area contributed by atoms with Crippen LogP contribution in [0.15, 0.2) is 52.3 Å². The van der Waals surface area contributed by atoms with E-state index in [9.17, 15) is 8.42 Å². The predicted octanol–water partition coefficient (Wildman–Crippen LogP) is 2.93. The van der Waals surface area contributed by atoms with Gasteiger partial charge in [-0.25, -0.2) is 8.42 Å². The molecule has 0 bridgehead atoms. The molecule has 0 atom stereocenters. The molecule has 7 heteroatoms. The third-order valence-corrected chi connectivity index (χ3v) is 6.40. The number of methoxy groups -OCH3 is 1. The molecule has 0 aromatic heterocycles. The molecule has 0 aliphatic carbocycles. The van der Waals surface area contributed by atoms with Crippen LogP contribution in [0.25, 0.3) is 0 Å². The summed E-state index contributed by atoms with van der Waals surface area (Å²) >= 11 is 5.96. The largest absolute Gasteiger partial charge is 0.495 e. The molecule has 1 aliphatic rings. The van der Waals surface area contributed by atoms with Gasteiger partial charge < -0.3 is 14.5 Å². The topological polar surface area (TPSA) is 49.9 Å². The number of benzene rings is 2. The van der Waals surface area contributed by atoms with Crippen LogP contribution in [0.2, 0.25) is 5.02 Å². The lowest BCUT2D eigenvalue weighted by atomic mass is 10.2. The number of hydrogen-bond donors (Lipinski definition) is 0. The second kappa shape index (κ2) is 7.23. The van der Waals surface area contributed by atoms with E-state index in [1.54, 1.807) is 43.5 Å². The minimum atomic E-state index is -3.64. The van der Waals surface area contributed by atoms with Crippen molar-refractivity contribution >= 4 is 27.1 Å². The van der Waals surface area contributed by atoms with E-state index in [0.29, 0.717) is 10.8 Å². The highest BCUT2D eigenvalue weighted by molar-refractivity contribution is 7.91. The van der Waals surface area contributed by atoms with Crippen LogP contribution in [0.3, 0.4) is 0 Å². The third-order valence-electron chi connectivity index (χ3n) is 4.41. The van der Waals surface area contributed by atoms with E-state index in [4.69, 9.17) is 16.3 Å². The van der Waals surface area contributed by atoms with Crippen molar-refractivity contribution in [2.75, 3.05) is 45.2 Å². The average Bonchev–Trinajstić information content (AvgIpc) is 2.62. The molecule has 0 radical (unpaired) electrons. The molecular weight excluding hydrogens is 360 g/mol. The van der Waals surface area contributed by atoms with Crippen LogP contribution in [0.1, 0.15) is 0 Å². The summed E-state index contributed by atoms with van der Waals surface area (Å²) in [5.41, 5.74) is 0.804. The van der Waals surface area contributed by atoms with Gasteiger partial charge in [0, 0.05) is 31.2 Å². The van der Waals surface area contributed by atoms with E-state index in [0.717, 1.165) is 31.9 Å². The first-order valence-corrected chi connectivity index (χ1v) is 9.90. The maximum Gasteiger partial charge on any atom is 0.206 e. The fourth-order valence-corrected chi connectivity index (χ4v) is 4.48. The van der Waals surface area contributed by atoms with Gasteiger partial charge in [0.25, 0.3) is 0 Å². The van der Waals surface area contributed by atoms with Gasteiger partial charge in [-0.15, -0.1) is 0 Å². The highest BCUT2D eigenvalue weighted by atomic mass is 35.5. The minimum Gasteiger partial charge on any atom is -0.495 e. The molecule has 2 aromatic carbocycles. The monoisotopic (exact) mass is 380 g/mol. The highest BCUT2D eigenvalue weighted by Crippen LogP contribution is 2.34. The minimum absolute atomic E-state index is 0.189. The standard InChI is InChI=1S/C18H21ClN2O3S/c1-20-8-10-21(11-9-20)17-13-16(6-7-18(17)24-2)25(22,23)15-5-3-4-14(19)12-15/h3-7,12-13H,8-11H2,1-2H3. The Hall–Kier alpha value is -1.76. The first kappa shape index (κ1) is 18.0. The molecule has 0 unspecified atom stereocenters. The number of rotatable bonds is 4. The Morgan fingerprint density at radius 2 is 1.68 bits per heavy atom. The number of hydrogen-bond acceptors (Lipinski definition) is 5. The van der Waals surface area contributed by atoms with Crippen LogP contribution < -0.4 is 9.64 Å². The van der Waals surface area contributed by atoms with Gasteiger partial charge in [-0.3, -0.25) is 0 Å². The molecule has 0 saturated carbocycles. The zero-order valence-electron chi connectivity index (χ0n) is 14.3. The van der Waals surface area contributed by atoms with E-state index < -0.39 is 9.84 Å². The molecule has 3 rings (SSSR count). The van der Waals surface area contributed by atoms with Crippen LogP contribution >= 0.6 is 11.6 Å². The van der Waals surface area contributed by atoms with Crippen molar-refractivity contribution in [3.63, 3.8) is 0 Å². The molecule has 0 spiro atoms. The molecule has 134 valence electrons. The van der Waals surface area contributed by atoms with Crippen LogP contribution in [0.4, 0.5) is 5.69 Å². The number of ether oxygens (including phenoxy) is 1. The van der Waals surface area contributed by atoms with Crippen LogP contribution in [-0.4, -0.2) is 53.7 Å². The van der Waals surface area contributed by atoms with E-state index in [2.05, 4.69) is 16.8 Å². The van der Waals surface area contributed by atoms with Gasteiger partial charge in [-0.2, -0.15) is 0 Å². The van der Waals surface area contributed by atoms with Gasteiger partial charge in [0.2, 0.25) is 9.84 Å². The summed E-state index contributed by atoms with van der Waals surface area (Å²) in [5.74, 6) is 0.676. The lowest BCUT2D eigenvalue weighted by Gasteiger charge is -2.34. The normalized spacial score (nSPS) is 16.0. The first-order valence-electron chi connectivity index (χ1n) is 8.04. The molecule has 0 N–H and O–H groups in total. The average molecular weight is 381 g/mol. The van der Waals surface area contributed by atoms with Crippen molar-refractivity contribution in [2.45, 2.75) is 9.79 Å². The van der Waals surface area contributed by atoms with Crippen molar-refractivity contribution in [1.29, 1.82) is 0 Å². The SMILES string of the molecule is COc1ccc(S(=O)(=O)c2cccc(Cl)c2)cc1N1CCN(C)CC1. The molecule has 1 aliphatic heterocycles. The second-order valence-electron chi connectivity index (χ2n) is 6.08. The summed E-state index contributed by atoms with van der Waals surface area (Å²) in [6, 6.07) is 11.3. The molecule has 5 nitrogen and oxygen atoms in total. The maximum atomic E-state index is 12.9. The summed E-state index contributed by atoms with van der Waals surface area (Å²) in [6.45, 7) is 3.50. The van der Waals surface area contributed by atoms with E-state index in [-0.39, 0.29) is 9.79 Å². The fourth-order valence-electron chi connectivity index (χ4n) is 2.90. The smallest absolute Gasteiger partial charge is 0.206 e. The molecule has 1 fully saturated rings. The lowest BCUT2D eigenvalue weighted by Crippen LogP contribution is -2.44. The number of halogens is 1. The van der Waals surface area contributed by atoms with Crippen molar-refractivity contribution in [3.8, 4) is 5.75 Å². The molecule has 25 heavy (non-hydrogen) atoms. The Labute approximate surface area is 153 Å². The van der Waals surface area contributed by atoms with Gasteiger partial charge in [0.05, 0.1) is 22.6 Å². The zero-order chi connectivity index (χ0) is 18.0. The summed E-state index contributed by atoms with van der Waals surface area (Å²) in [7, 11) is 0.0398. The molecule has 1 saturated heterocycles. The number of anilines is 1. The van der Waals surface area contributed by atoms with Gasteiger partial charge >= 0.3 is 0 Å². The van der Waals surface area contributed by atoms with Crippen LogP contribution in [0.5, 0.6) is 5.75 Å². The number of piperazine rings is 1. The van der Waals surface area contributed by atoms with E-state index in [1.807, 2.05) is 0 Å². The summed E-state index contributed by atoms with van der Waals surface area (Å²) < 4.78 is 31.3. The summed E-state index contributed by atoms with van der Waals surface area (Å²) in [4.78, 5) is 4.84. The predicted molar refractivity (Wildman–Crippen MR) is 99.6 cm³/mol. The van der Waals surface area contributed by atoms with E-state index in [1.165, 1.54) is 6.07 Å². The van der Waals surface area contributed by atoms with Gasteiger partial charge in [-0.1, -0.05) is 17.7 Å². The van der Waals surface area contributed by atoms with Gasteiger partial charge in [0.1, 0.15) is 5.75 Å². The Morgan fingerprint density at radius 1 is 1.00 bits per heavy atom. The second-order valence-corrected chi connectivity index (χ2v) is 8.47. The Kier molecular flexibility index (Phi) is 5.22. The van der Waals surface area contributed by atoms with Crippen molar-refractivity contribution < 1.29 is 13.2 Å². The number of nitrogens with zero attached hydrogens (tertiary/aromatic N) is 2. The van der Waals surface area contributed by atoms with Crippen LogP contribution in [-0.2, 0) is 9.84 Å². The summed E-state index contributed by atoms with van der Waals surface area (Å²) in [5, 5.41) is 0.397. The van der Waals surface area contributed by atoms with Crippen molar-refractivity contribution in [3.05, 3.63) is 47.5 Å². The van der Waals surface area contributed by atoms with Gasteiger partial charge in [0.15, 0.2) is 0 Å². The highest BCUT2D eigenvalue weighted by Gasteiger charge is 2.23. The Bertz CT molecular complexity index is 862. The molecule has 0 amide bonds. The lowest BCUT2D eigenvalue weighted by molar-refractivity contribution is 0.311. The first-order chi connectivity index (χ1) is 11.9.